The zero-order valence-electron chi connectivity index (χ0n) is 12.1. The first-order valence-electron chi connectivity index (χ1n) is 6.44. The van der Waals surface area contributed by atoms with E-state index in [0.717, 1.165) is 4.68 Å². The molecule has 0 bridgehead atoms. The topological polar surface area (TPSA) is 64.7 Å². The Bertz CT molecular complexity index is 740. The van der Waals surface area contributed by atoms with Crippen LogP contribution in [-0.2, 0) is 26.3 Å². The maximum Gasteiger partial charge on any atom is 0.436 e. The van der Waals surface area contributed by atoms with Crippen LogP contribution in [0.3, 0.4) is 0 Å². The maximum atomic E-state index is 12.8. The summed E-state index contributed by atoms with van der Waals surface area (Å²) >= 11 is 8.97. The number of amides is 1. The van der Waals surface area contributed by atoms with Crippen molar-refractivity contribution in [2.24, 2.45) is 7.05 Å². The molecule has 0 saturated heterocycles. The standard InChI is InChI=1S/C12H12BrClF3N5O/c1-3-22-7(6(13)4-19-22)5-18-11(23)9-8(14)10(12(15,16)17)20-21(9)2/h4H,3,5H2,1-2H3,(H,18,23). The molecule has 0 aliphatic rings. The number of carbonyl (C=O) groups excluding carboxylic acids is 1. The molecule has 0 fully saturated rings. The number of rotatable bonds is 4. The van der Waals surface area contributed by atoms with Crippen molar-refractivity contribution in [3.63, 3.8) is 0 Å². The number of hydrogen-bond acceptors (Lipinski definition) is 3. The van der Waals surface area contributed by atoms with Gasteiger partial charge in [-0.05, 0) is 22.9 Å². The van der Waals surface area contributed by atoms with Crippen molar-refractivity contribution in [3.05, 3.63) is 32.8 Å². The molecule has 11 heteroatoms. The van der Waals surface area contributed by atoms with Crippen molar-refractivity contribution in [1.82, 2.24) is 24.9 Å². The van der Waals surface area contributed by atoms with Crippen LogP contribution in [0.4, 0.5) is 13.2 Å². The van der Waals surface area contributed by atoms with Gasteiger partial charge in [0, 0.05) is 13.6 Å². The zero-order valence-corrected chi connectivity index (χ0v) is 14.4. The van der Waals surface area contributed by atoms with Gasteiger partial charge in [0.1, 0.15) is 10.7 Å². The highest BCUT2D eigenvalue weighted by atomic mass is 79.9. The summed E-state index contributed by atoms with van der Waals surface area (Å²) in [6.07, 6.45) is -3.15. The minimum absolute atomic E-state index is 0.0795. The molecule has 2 aromatic rings. The number of hydrogen-bond donors (Lipinski definition) is 1. The summed E-state index contributed by atoms with van der Waals surface area (Å²) < 4.78 is 41.4. The van der Waals surface area contributed by atoms with Gasteiger partial charge in [-0.1, -0.05) is 11.6 Å². The highest BCUT2D eigenvalue weighted by Gasteiger charge is 2.39. The summed E-state index contributed by atoms with van der Waals surface area (Å²) in [7, 11) is 1.22. The van der Waals surface area contributed by atoms with E-state index >= 15 is 0 Å². The average molecular weight is 415 g/mol. The predicted octanol–water partition coefficient (Wildman–Crippen LogP) is 3.00. The Morgan fingerprint density at radius 1 is 1.48 bits per heavy atom. The lowest BCUT2D eigenvalue weighted by molar-refractivity contribution is -0.141. The van der Waals surface area contributed by atoms with E-state index in [-0.39, 0.29) is 12.2 Å². The van der Waals surface area contributed by atoms with Gasteiger partial charge < -0.3 is 5.32 Å². The van der Waals surface area contributed by atoms with Gasteiger partial charge in [0.2, 0.25) is 0 Å². The molecule has 2 heterocycles. The molecule has 0 aliphatic carbocycles. The van der Waals surface area contributed by atoms with Crippen LogP contribution in [0.1, 0.15) is 28.8 Å². The molecule has 1 amide bonds. The first-order valence-corrected chi connectivity index (χ1v) is 7.62. The largest absolute Gasteiger partial charge is 0.436 e. The minimum atomic E-state index is -4.72. The highest BCUT2D eigenvalue weighted by molar-refractivity contribution is 9.10. The van der Waals surface area contributed by atoms with Crippen molar-refractivity contribution < 1.29 is 18.0 Å². The van der Waals surface area contributed by atoms with E-state index in [1.807, 2.05) is 6.92 Å². The Labute approximate surface area is 142 Å². The maximum absolute atomic E-state index is 12.8. The summed E-state index contributed by atoms with van der Waals surface area (Å²) in [5.41, 5.74) is -0.945. The third kappa shape index (κ3) is 3.52. The molecule has 1 N–H and O–H groups in total. The van der Waals surface area contributed by atoms with E-state index in [0.29, 0.717) is 16.7 Å². The van der Waals surface area contributed by atoms with Crippen LogP contribution < -0.4 is 5.32 Å². The van der Waals surface area contributed by atoms with E-state index in [2.05, 4.69) is 31.4 Å². The van der Waals surface area contributed by atoms with E-state index in [9.17, 15) is 18.0 Å². The Morgan fingerprint density at radius 3 is 2.65 bits per heavy atom. The van der Waals surface area contributed by atoms with Gasteiger partial charge in [-0.2, -0.15) is 23.4 Å². The van der Waals surface area contributed by atoms with Gasteiger partial charge in [-0.3, -0.25) is 14.2 Å². The molecule has 0 spiro atoms. The van der Waals surface area contributed by atoms with E-state index in [1.165, 1.54) is 7.05 Å². The second-order valence-corrected chi connectivity index (χ2v) is 5.80. The molecule has 2 aromatic heterocycles. The molecule has 0 unspecified atom stereocenters. The number of aryl methyl sites for hydroxylation is 2. The van der Waals surface area contributed by atoms with Gasteiger partial charge in [-0.15, -0.1) is 0 Å². The van der Waals surface area contributed by atoms with Gasteiger partial charge >= 0.3 is 6.18 Å². The molecule has 23 heavy (non-hydrogen) atoms. The average Bonchev–Trinajstić information content (AvgIpc) is 2.96. The molecule has 0 radical (unpaired) electrons. The van der Waals surface area contributed by atoms with Crippen molar-refractivity contribution in [3.8, 4) is 0 Å². The molecule has 6 nitrogen and oxygen atoms in total. The summed E-state index contributed by atoms with van der Waals surface area (Å²) in [4.78, 5) is 12.2. The van der Waals surface area contributed by atoms with E-state index in [4.69, 9.17) is 11.6 Å². The molecule has 0 atom stereocenters. The van der Waals surface area contributed by atoms with E-state index in [1.54, 1.807) is 10.9 Å². The van der Waals surface area contributed by atoms with Crippen LogP contribution in [0, 0.1) is 0 Å². The molecule has 0 aromatic carbocycles. The summed E-state index contributed by atoms with van der Waals surface area (Å²) in [6, 6.07) is 0. The van der Waals surface area contributed by atoms with Crippen LogP contribution in [0.5, 0.6) is 0 Å². The highest BCUT2D eigenvalue weighted by Crippen LogP contribution is 2.35. The van der Waals surface area contributed by atoms with Crippen molar-refractivity contribution in [2.75, 3.05) is 0 Å². The second-order valence-electron chi connectivity index (χ2n) is 4.57. The number of halogens is 5. The third-order valence-electron chi connectivity index (χ3n) is 3.09. The van der Waals surface area contributed by atoms with Crippen LogP contribution in [-0.4, -0.2) is 25.5 Å². The van der Waals surface area contributed by atoms with Gasteiger partial charge in [0.15, 0.2) is 5.69 Å². The second kappa shape index (κ2) is 6.52. The zero-order chi connectivity index (χ0) is 17.4. The van der Waals surface area contributed by atoms with Crippen LogP contribution in [0.2, 0.25) is 5.02 Å². The normalized spacial score (nSPS) is 11.8. The smallest absolute Gasteiger partial charge is 0.345 e. The monoisotopic (exact) mass is 413 g/mol. The van der Waals surface area contributed by atoms with Gasteiger partial charge in [-0.25, -0.2) is 0 Å². The Morgan fingerprint density at radius 2 is 2.13 bits per heavy atom. The Kier molecular flexibility index (Phi) is 5.04. The predicted molar refractivity (Wildman–Crippen MR) is 80.0 cm³/mol. The molecular weight excluding hydrogens is 403 g/mol. The van der Waals surface area contributed by atoms with Crippen LogP contribution in [0.15, 0.2) is 10.7 Å². The fourth-order valence-corrected chi connectivity index (χ4v) is 2.80. The number of alkyl halides is 3. The molecular formula is C12H12BrClF3N5O. The number of nitrogens with zero attached hydrogens (tertiary/aromatic N) is 4. The fraction of sp³-hybridized carbons (Fsp3) is 0.417. The number of nitrogens with one attached hydrogen (secondary N) is 1. The lowest BCUT2D eigenvalue weighted by atomic mass is 10.3. The summed E-state index contributed by atoms with van der Waals surface area (Å²) in [5.74, 6) is -0.753. The first kappa shape index (κ1) is 17.8. The quantitative estimate of drug-likeness (QED) is 0.836. The summed E-state index contributed by atoms with van der Waals surface area (Å²) in [5, 5.41) is 9.15. The number of carbonyl (C=O) groups is 1. The lowest BCUT2D eigenvalue weighted by Crippen LogP contribution is -2.26. The van der Waals surface area contributed by atoms with Crippen LogP contribution >= 0.6 is 27.5 Å². The first-order chi connectivity index (χ1) is 10.7. The fourth-order valence-electron chi connectivity index (χ4n) is 2.01. The molecule has 2 rings (SSSR count). The van der Waals surface area contributed by atoms with Gasteiger partial charge in [0.25, 0.3) is 5.91 Å². The van der Waals surface area contributed by atoms with Crippen LogP contribution in [0.25, 0.3) is 0 Å². The van der Waals surface area contributed by atoms with Crippen molar-refractivity contribution in [1.29, 1.82) is 0 Å². The van der Waals surface area contributed by atoms with Crippen molar-refractivity contribution in [2.45, 2.75) is 26.2 Å². The molecule has 0 aliphatic heterocycles. The molecule has 126 valence electrons. The third-order valence-corrected chi connectivity index (χ3v) is 4.11. The van der Waals surface area contributed by atoms with E-state index < -0.39 is 22.8 Å². The molecule has 0 saturated carbocycles. The minimum Gasteiger partial charge on any atom is -0.345 e. The van der Waals surface area contributed by atoms with Gasteiger partial charge in [0.05, 0.1) is 22.9 Å². The number of aromatic nitrogens is 4. The summed E-state index contributed by atoms with van der Waals surface area (Å²) in [6.45, 7) is 2.54. The Hall–Kier alpha value is -1.55. The van der Waals surface area contributed by atoms with Crippen molar-refractivity contribution >= 4 is 33.4 Å². The Balaban J connectivity index is 2.22. The lowest BCUT2D eigenvalue weighted by Gasteiger charge is -2.08. The SMILES string of the molecule is CCn1ncc(Br)c1CNC(=O)c1c(Cl)c(C(F)(F)F)nn1C.